The van der Waals surface area contributed by atoms with E-state index < -0.39 is 0 Å². The van der Waals surface area contributed by atoms with Gasteiger partial charge in [0.2, 0.25) is 5.91 Å². The first-order valence-corrected chi connectivity index (χ1v) is 11.7. The standard InChI is InChI=1S/C25H31N5O2/c1-17(2)28-13-11-20-19(16-28)25(32)30-23(26-20)15-21(27-30)22-10-6-7-12-29(22)24(31)14-18-8-4-3-5-9-18/h3-5,8-9,15,17,22,27H,6-7,10-14,16H2,1-2H3/t22-/m0/s1. The molecule has 1 aromatic carbocycles. The molecule has 7 nitrogen and oxygen atoms in total. The number of carbonyl (C=O) groups is 1. The van der Waals surface area contributed by atoms with E-state index in [1.807, 2.05) is 41.3 Å². The van der Waals surface area contributed by atoms with Crippen molar-refractivity contribution in [1.29, 1.82) is 0 Å². The van der Waals surface area contributed by atoms with E-state index in [1.165, 1.54) is 0 Å². The zero-order valence-electron chi connectivity index (χ0n) is 18.9. The minimum atomic E-state index is -0.0507. The second kappa shape index (κ2) is 8.54. The van der Waals surface area contributed by atoms with Crippen LogP contribution < -0.4 is 5.56 Å². The first kappa shape index (κ1) is 20.9. The van der Waals surface area contributed by atoms with Gasteiger partial charge in [-0.05, 0) is 38.7 Å². The Morgan fingerprint density at radius 3 is 2.78 bits per heavy atom. The molecule has 1 N–H and O–H groups in total. The molecule has 0 saturated carbocycles. The van der Waals surface area contributed by atoms with Gasteiger partial charge >= 0.3 is 0 Å². The lowest BCUT2D eigenvalue weighted by Crippen LogP contribution is -2.40. The highest BCUT2D eigenvalue weighted by Gasteiger charge is 2.30. The summed E-state index contributed by atoms with van der Waals surface area (Å²) in [5.74, 6) is 0.131. The number of hydrogen-bond acceptors (Lipinski definition) is 4. The molecule has 0 bridgehead atoms. The molecule has 0 unspecified atom stereocenters. The quantitative estimate of drug-likeness (QED) is 0.686. The Labute approximate surface area is 188 Å². The number of carbonyl (C=O) groups excluding carboxylic acids is 1. The average Bonchev–Trinajstić information content (AvgIpc) is 3.24. The van der Waals surface area contributed by atoms with E-state index in [2.05, 4.69) is 23.8 Å². The first-order valence-electron chi connectivity index (χ1n) is 11.7. The summed E-state index contributed by atoms with van der Waals surface area (Å²) >= 11 is 0. The molecule has 2 aromatic heterocycles. The van der Waals surface area contributed by atoms with E-state index in [-0.39, 0.29) is 17.5 Å². The van der Waals surface area contributed by atoms with E-state index in [0.29, 0.717) is 24.7 Å². The lowest BCUT2D eigenvalue weighted by molar-refractivity contribution is -0.134. The zero-order valence-corrected chi connectivity index (χ0v) is 18.9. The molecule has 2 aliphatic rings. The fourth-order valence-electron chi connectivity index (χ4n) is 5.06. The Morgan fingerprint density at radius 1 is 1.19 bits per heavy atom. The van der Waals surface area contributed by atoms with Crippen molar-refractivity contribution in [2.75, 3.05) is 13.1 Å². The van der Waals surface area contributed by atoms with Crippen LogP contribution in [0.15, 0.2) is 41.2 Å². The third-order valence-electron chi connectivity index (χ3n) is 6.92. The number of nitrogens with zero attached hydrogens (tertiary/aromatic N) is 4. The van der Waals surface area contributed by atoms with E-state index in [0.717, 1.165) is 61.3 Å². The van der Waals surface area contributed by atoms with Crippen molar-refractivity contribution in [2.24, 2.45) is 0 Å². The predicted molar refractivity (Wildman–Crippen MR) is 124 cm³/mol. The van der Waals surface area contributed by atoms with Crippen LogP contribution in [0.5, 0.6) is 0 Å². The van der Waals surface area contributed by atoms with Crippen LogP contribution >= 0.6 is 0 Å². The highest BCUT2D eigenvalue weighted by molar-refractivity contribution is 5.79. The Hall–Kier alpha value is -2.93. The summed E-state index contributed by atoms with van der Waals surface area (Å²) in [6.45, 7) is 6.63. The molecule has 32 heavy (non-hydrogen) atoms. The van der Waals surface area contributed by atoms with E-state index in [4.69, 9.17) is 4.98 Å². The fourth-order valence-corrected chi connectivity index (χ4v) is 5.06. The molecular weight excluding hydrogens is 402 g/mol. The van der Waals surface area contributed by atoms with Crippen LogP contribution in [0.3, 0.4) is 0 Å². The summed E-state index contributed by atoms with van der Waals surface area (Å²) in [5.41, 5.74) is 4.27. The molecule has 2 aliphatic heterocycles. The summed E-state index contributed by atoms with van der Waals surface area (Å²) < 4.78 is 1.58. The second-order valence-corrected chi connectivity index (χ2v) is 9.32. The third-order valence-corrected chi connectivity index (χ3v) is 6.92. The SMILES string of the molecule is CC(C)N1CCc2nc3cc([C@@H]4CCCCN4C(=O)Cc4ccccc4)[nH]n3c(=O)c2C1. The van der Waals surface area contributed by atoms with Crippen molar-refractivity contribution in [2.45, 2.75) is 64.6 Å². The van der Waals surface area contributed by atoms with Gasteiger partial charge < -0.3 is 4.90 Å². The summed E-state index contributed by atoms with van der Waals surface area (Å²) in [6.07, 6.45) is 4.16. The van der Waals surface area contributed by atoms with Gasteiger partial charge in [0.15, 0.2) is 5.65 Å². The maximum absolute atomic E-state index is 13.3. The Balaban J connectivity index is 1.46. The number of likely N-dealkylation sites (tertiary alicyclic amines) is 1. The van der Waals surface area contributed by atoms with Crippen LogP contribution in [0.25, 0.3) is 5.65 Å². The number of piperidine rings is 1. The van der Waals surface area contributed by atoms with Crippen molar-refractivity contribution in [3.05, 3.63) is 69.3 Å². The van der Waals surface area contributed by atoms with Gasteiger partial charge in [-0.15, -0.1) is 0 Å². The number of hydrogen-bond donors (Lipinski definition) is 1. The maximum Gasteiger partial charge on any atom is 0.277 e. The largest absolute Gasteiger partial charge is 0.334 e. The van der Waals surface area contributed by atoms with Gasteiger partial charge in [-0.25, -0.2) is 9.50 Å². The topological polar surface area (TPSA) is 73.7 Å². The number of H-pyrrole nitrogens is 1. The maximum atomic E-state index is 13.3. The van der Waals surface area contributed by atoms with Crippen molar-refractivity contribution in [3.8, 4) is 0 Å². The molecule has 0 spiro atoms. The molecule has 3 aromatic rings. The molecule has 1 amide bonds. The van der Waals surface area contributed by atoms with Crippen molar-refractivity contribution in [1.82, 2.24) is 24.4 Å². The lowest BCUT2D eigenvalue weighted by atomic mass is 9.98. The third kappa shape index (κ3) is 3.86. The molecule has 0 aliphatic carbocycles. The molecule has 4 heterocycles. The van der Waals surface area contributed by atoms with Gasteiger partial charge in [-0.1, -0.05) is 30.3 Å². The Kier molecular flexibility index (Phi) is 5.59. The summed E-state index contributed by atoms with van der Waals surface area (Å²) in [6, 6.07) is 12.2. The monoisotopic (exact) mass is 433 g/mol. The van der Waals surface area contributed by atoms with Crippen LogP contribution in [0.4, 0.5) is 0 Å². The van der Waals surface area contributed by atoms with E-state index >= 15 is 0 Å². The number of fused-ring (bicyclic) bond motifs is 2. The Bertz CT molecular complexity index is 1180. The number of benzene rings is 1. The van der Waals surface area contributed by atoms with Crippen LogP contribution in [0.1, 0.15) is 61.7 Å². The van der Waals surface area contributed by atoms with Crippen molar-refractivity contribution in [3.63, 3.8) is 0 Å². The molecular formula is C25H31N5O2. The number of aromatic nitrogens is 3. The van der Waals surface area contributed by atoms with E-state index in [9.17, 15) is 9.59 Å². The van der Waals surface area contributed by atoms with Gasteiger partial charge in [0, 0.05) is 38.2 Å². The van der Waals surface area contributed by atoms with Crippen molar-refractivity contribution < 1.29 is 4.79 Å². The normalized spacial score (nSPS) is 19.5. The highest BCUT2D eigenvalue weighted by Crippen LogP contribution is 2.31. The van der Waals surface area contributed by atoms with Crippen LogP contribution in [-0.4, -0.2) is 49.4 Å². The first-order chi connectivity index (χ1) is 15.5. The molecule has 1 atom stereocenters. The number of rotatable bonds is 4. The average molecular weight is 434 g/mol. The second-order valence-electron chi connectivity index (χ2n) is 9.32. The number of nitrogens with one attached hydrogen (secondary N) is 1. The Morgan fingerprint density at radius 2 is 2.00 bits per heavy atom. The number of aromatic amines is 1. The highest BCUT2D eigenvalue weighted by atomic mass is 16.2. The van der Waals surface area contributed by atoms with Gasteiger partial charge in [-0.2, -0.15) is 0 Å². The van der Waals surface area contributed by atoms with E-state index in [1.54, 1.807) is 4.52 Å². The summed E-state index contributed by atoms with van der Waals surface area (Å²) in [7, 11) is 0. The van der Waals surface area contributed by atoms with Crippen LogP contribution in [0.2, 0.25) is 0 Å². The van der Waals surface area contributed by atoms with Gasteiger partial charge in [0.05, 0.1) is 29.4 Å². The lowest BCUT2D eigenvalue weighted by Gasteiger charge is -2.35. The molecule has 1 fully saturated rings. The van der Waals surface area contributed by atoms with Crippen LogP contribution in [-0.2, 0) is 24.2 Å². The van der Waals surface area contributed by atoms with Crippen molar-refractivity contribution >= 4 is 11.6 Å². The predicted octanol–water partition coefficient (Wildman–Crippen LogP) is 3.09. The van der Waals surface area contributed by atoms with Gasteiger partial charge in [-0.3, -0.25) is 19.6 Å². The molecule has 7 heteroatoms. The summed E-state index contributed by atoms with van der Waals surface area (Å²) in [4.78, 5) is 35.6. The molecule has 1 saturated heterocycles. The smallest absolute Gasteiger partial charge is 0.277 e. The molecule has 168 valence electrons. The fraction of sp³-hybridized carbons (Fsp3) is 0.480. The number of amides is 1. The molecule has 5 rings (SSSR count). The minimum absolute atomic E-state index is 0.0143. The van der Waals surface area contributed by atoms with Gasteiger partial charge in [0.25, 0.3) is 5.56 Å². The minimum Gasteiger partial charge on any atom is -0.334 e. The zero-order chi connectivity index (χ0) is 22.2. The molecule has 0 radical (unpaired) electrons. The summed E-state index contributed by atoms with van der Waals surface area (Å²) in [5, 5.41) is 3.31. The van der Waals surface area contributed by atoms with Crippen LogP contribution in [0, 0.1) is 0 Å². The van der Waals surface area contributed by atoms with Gasteiger partial charge in [0.1, 0.15) is 0 Å².